The van der Waals surface area contributed by atoms with E-state index >= 15 is 0 Å². The van der Waals surface area contributed by atoms with E-state index in [0.717, 1.165) is 3.57 Å². The Morgan fingerprint density at radius 2 is 1.75 bits per heavy atom. The molecule has 6 heteroatoms. The molecule has 0 radical (unpaired) electrons. The van der Waals surface area contributed by atoms with Crippen molar-refractivity contribution in [1.82, 2.24) is 4.90 Å². The minimum atomic E-state index is -0.328. The number of nitrogens with zero attached hydrogens (tertiary/aromatic N) is 2. The number of imide groups is 1. The molecule has 1 aromatic carbocycles. The van der Waals surface area contributed by atoms with Crippen LogP contribution in [0.2, 0.25) is 0 Å². The van der Waals surface area contributed by atoms with Crippen molar-refractivity contribution in [3.8, 4) is 0 Å². The second-order valence-corrected chi connectivity index (χ2v) is 6.16. The molecule has 2 saturated heterocycles. The third kappa shape index (κ3) is 2.59. The highest BCUT2D eigenvalue weighted by atomic mass is 127. The molecule has 0 unspecified atom stereocenters. The highest BCUT2D eigenvalue weighted by Crippen LogP contribution is 2.26. The molecule has 0 aromatic heterocycles. The van der Waals surface area contributed by atoms with E-state index in [4.69, 9.17) is 4.74 Å². The van der Waals surface area contributed by atoms with Gasteiger partial charge < -0.3 is 4.74 Å². The van der Waals surface area contributed by atoms with Crippen LogP contribution >= 0.6 is 22.6 Å². The topological polar surface area (TPSA) is 49.9 Å². The Hall–Kier alpha value is -0.990. The van der Waals surface area contributed by atoms with Crippen molar-refractivity contribution < 1.29 is 14.3 Å². The number of benzene rings is 1. The smallest absolute Gasteiger partial charge is 0.251 e. The predicted molar refractivity (Wildman–Crippen MR) is 82.4 cm³/mol. The molecule has 0 bridgehead atoms. The standard InChI is InChI=1S/C14H15IN2O3/c15-10-1-3-11(4-2-10)17-13(18)9-12(14(17)19)16-5-7-20-8-6-16/h1-4,12H,5-9H2/t12-/m1/s1. The van der Waals surface area contributed by atoms with Crippen LogP contribution in [0.1, 0.15) is 6.42 Å². The Labute approximate surface area is 131 Å². The molecule has 5 nitrogen and oxygen atoms in total. The summed E-state index contributed by atoms with van der Waals surface area (Å²) in [5.41, 5.74) is 0.663. The maximum atomic E-state index is 12.5. The fraction of sp³-hybridized carbons (Fsp3) is 0.429. The minimum absolute atomic E-state index is 0.113. The van der Waals surface area contributed by atoms with Crippen molar-refractivity contribution in [1.29, 1.82) is 0 Å². The molecule has 2 aliphatic heterocycles. The van der Waals surface area contributed by atoms with Crippen LogP contribution < -0.4 is 4.90 Å². The number of hydrogen-bond acceptors (Lipinski definition) is 4. The minimum Gasteiger partial charge on any atom is -0.379 e. The van der Waals surface area contributed by atoms with Gasteiger partial charge in [-0.2, -0.15) is 0 Å². The highest BCUT2D eigenvalue weighted by molar-refractivity contribution is 14.1. The first kappa shape index (κ1) is 14.0. The van der Waals surface area contributed by atoms with Crippen LogP contribution in [0.5, 0.6) is 0 Å². The zero-order valence-corrected chi connectivity index (χ0v) is 13.1. The van der Waals surface area contributed by atoms with E-state index in [-0.39, 0.29) is 24.3 Å². The SMILES string of the molecule is O=C1C[C@@H](N2CCOCC2)C(=O)N1c1ccc(I)cc1. The summed E-state index contributed by atoms with van der Waals surface area (Å²) >= 11 is 2.20. The summed E-state index contributed by atoms with van der Waals surface area (Å²) in [6.07, 6.45) is 0.269. The molecule has 2 fully saturated rings. The monoisotopic (exact) mass is 386 g/mol. The lowest BCUT2D eigenvalue weighted by molar-refractivity contribution is -0.123. The molecule has 20 heavy (non-hydrogen) atoms. The van der Waals surface area contributed by atoms with Gasteiger partial charge in [-0.1, -0.05) is 0 Å². The molecule has 2 heterocycles. The van der Waals surface area contributed by atoms with Crippen LogP contribution in [0.4, 0.5) is 5.69 Å². The first-order valence-electron chi connectivity index (χ1n) is 6.61. The molecule has 2 amide bonds. The van der Waals surface area contributed by atoms with Gasteiger partial charge in [0.2, 0.25) is 5.91 Å². The third-order valence-corrected chi connectivity index (χ3v) is 4.41. The quantitative estimate of drug-likeness (QED) is 0.567. The second kappa shape index (κ2) is 5.79. The highest BCUT2D eigenvalue weighted by Gasteiger charge is 2.42. The number of rotatable bonds is 2. The molecular weight excluding hydrogens is 371 g/mol. The van der Waals surface area contributed by atoms with E-state index in [2.05, 4.69) is 27.5 Å². The van der Waals surface area contributed by atoms with Gasteiger partial charge in [-0.05, 0) is 46.9 Å². The van der Waals surface area contributed by atoms with Gasteiger partial charge in [-0.15, -0.1) is 0 Å². The molecule has 2 aliphatic rings. The van der Waals surface area contributed by atoms with Gasteiger partial charge in [0.25, 0.3) is 5.91 Å². The van der Waals surface area contributed by atoms with Gasteiger partial charge in [0.15, 0.2) is 0 Å². The van der Waals surface area contributed by atoms with Crippen molar-refractivity contribution in [3.63, 3.8) is 0 Å². The van der Waals surface area contributed by atoms with E-state index in [9.17, 15) is 9.59 Å². The zero-order chi connectivity index (χ0) is 14.1. The van der Waals surface area contributed by atoms with Crippen molar-refractivity contribution >= 4 is 40.1 Å². The lowest BCUT2D eigenvalue weighted by atomic mass is 10.2. The molecule has 3 rings (SSSR count). The van der Waals surface area contributed by atoms with Crippen LogP contribution in [-0.4, -0.2) is 49.1 Å². The summed E-state index contributed by atoms with van der Waals surface area (Å²) in [6.45, 7) is 2.68. The van der Waals surface area contributed by atoms with Crippen molar-refractivity contribution in [2.75, 3.05) is 31.2 Å². The summed E-state index contributed by atoms with van der Waals surface area (Å²) in [5.74, 6) is -0.231. The second-order valence-electron chi connectivity index (χ2n) is 4.91. The van der Waals surface area contributed by atoms with Crippen LogP contribution in [-0.2, 0) is 14.3 Å². The van der Waals surface area contributed by atoms with Gasteiger partial charge >= 0.3 is 0 Å². The third-order valence-electron chi connectivity index (χ3n) is 3.69. The normalized spacial score (nSPS) is 24.4. The fourth-order valence-corrected chi connectivity index (χ4v) is 3.01. The summed E-state index contributed by atoms with van der Waals surface area (Å²) in [7, 11) is 0. The molecular formula is C14H15IN2O3. The first-order chi connectivity index (χ1) is 9.66. The van der Waals surface area contributed by atoms with Crippen molar-refractivity contribution in [2.45, 2.75) is 12.5 Å². The van der Waals surface area contributed by atoms with E-state index in [0.29, 0.717) is 32.0 Å². The number of amides is 2. The summed E-state index contributed by atoms with van der Waals surface area (Å²) in [6, 6.07) is 7.11. The number of anilines is 1. The number of hydrogen-bond donors (Lipinski definition) is 0. The predicted octanol–water partition coefficient (Wildman–Crippen LogP) is 1.26. The Morgan fingerprint density at radius 3 is 2.40 bits per heavy atom. The Kier molecular flexibility index (Phi) is 4.04. The first-order valence-corrected chi connectivity index (χ1v) is 7.69. The van der Waals surface area contributed by atoms with Crippen LogP contribution in [0.3, 0.4) is 0 Å². The summed E-state index contributed by atoms with van der Waals surface area (Å²) < 4.78 is 6.37. The van der Waals surface area contributed by atoms with Crippen LogP contribution in [0.25, 0.3) is 0 Å². The lowest BCUT2D eigenvalue weighted by Gasteiger charge is -2.30. The average molecular weight is 386 g/mol. The maximum absolute atomic E-state index is 12.5. The van der Waals surface area contributed by atoms with E-state index in [1.165, 1.54) is 4.90 Å². The Balaban J connectivity index is 1.81. The van der Waals surface area contributed by atoms with Gasteiger partial charge in [-0.3, -0.25) is 14.5 Å². The Morgan fingerprint density at radius 1 is 1.10 bits per heavy atom. The number of carbonyl (C=O) groups is 2. The van der Waals surface area contributed by atoms with Crippen LogP contribution in [0, 0.1) is 3.57 Å². The molecule has 0 N–H and O–H groups in total. The number of morpholine rings is 1. The van der Waals surface area contributed by atoms with Crippen LogP contribution in [0.15, 0.2) is 24.3 Å². The average Bonchev–Trinajstić information content (AvgIpc) is 2.76. The Bertz CT molecular complexity index is 526. The number of ether oxygens (including phenoxy) is 1. The summed E-state index contributed by atoms with van der Waals surface area (Å²) in [4.78, 5) is 28.1. The molecule has 0 spiro atoms. The van der Waals surface area contributed by atoms with Gasteiger partial charge in [0, 0.05) is 16.7 Å². The largest absolute Gasteiger partial charge is 0.379 e. The van der Waals surface area contributed by atoms with Gasteiger partial charge in [0.05, 0.1) is 31.4 Å². The molecule has 1 aromatic rings. The van der Waals surface area contributed by atoms with E-state index in [1.54, 1.807) is 0 Å². The van der Waals surface area contributed by atoms with Gasteiger partial charge in [0.1, 0.15) is 0 Å². The molecule has 1 atom stereocenters. The summed E-state index contributed by atoms with van der Waals surface area (Å²) in [5, 5.41) is 0. The lowest BCUT2D eigenvalue weighted by Crippen LogP contribution is -2.47. The van der Waals surface area contributed by atoms with Gasteiger partial charge in [-0.25, -0.2) is 4.90 Å². The number of halogens is 1. The van der Waals surface area contributed by atoms with E-state index < -0.39 is 0 Å². The van der Waals surface area contributed by atoms with Crippen molar-refractivity contribution in [3.05, 3.63) is 27.8 Å². The van der Waals surface area contributed by atoms with E-state index in [1.807, 2.05) is 24.3 Å². The van der Waals surface area contributed by atoms with Crippen molar-refractivity contribution in [2.24, 2.45) is 0 Å². The zero-order valence-electron chi connectivity index (χ0n) is 10.9. The number of carbonyl (C=O) groups excluding carboxylic acids is 2. The maximum Gasteiger partial charge on any atom is 0.251 e. The molecule has 0 aliphatic carbocycles. The molecule has 106 valence electrons. The molecule has 0 saturated carbocycles. The fourth-order valence-electron chi connectivity index (χ4n) is 2.65.